The van der Waals surface area contributed by atoms with Crippen molar-refractivity contribution in [3.63, 3.8) is 0 Å². The van der Waals surface area contributed by atoms with Gasteiger partial charge in [0.15, 0.2) is 0 Å². The van der Waals surface area contributed by atoms with Crippen LogP contribution >= 0.6 is 0 Å². The molecule has 7 heteroatoms. The van der Waals surface area contributed by atoms with Crippen LogP contribution in [-0.4, -0.2) is 39.4 Å². The first kappa shape index (κ1) is 19.4. The summed E-state index contributed by atoms with van der Waals surface area (Å²) in [5.74, 6) is -0.368. The molecule has 1 atom stereocenters. The molecule has 3 rings (SSSR count). The summed E-state index contributed by atoms with van der Waals surface area (Å²) >= 11 is 0. The highest BCUT2D eigenvalue weighted by molar-refractivity contribution is 7.92. The number of benzene rings is 2. The number of carbonyl (C=O) groups excluding carboxylic acids is 1. The number of sulfonamides is 1. The number of anilines is 1. The smallest absolute Gasteiger partial charge is 0.264 e. The van der Waals surface area contributed by atoms with Crippen LogP contribution in [0.3, 0.4) is 0 Å². The normalized spacial score (nSPS) is 17.6. The molecule has 0 bridgehead atoms. The Labute approximate surface area is 159 Å². The monoisotopic (exact) mass is 390 g/mol. The Morgan fingerprint density at radius 3 is 2.63 bits per heavy atom. The average Bonchev–Trinajstić information content (AvgIpc) is 2.67. The molecule has 1 aliphatic rings. The van der Waals surface area contributed by atoms with Crippen molar-refractivity contribution in [1.82, 2.24) is 4.90 Å². The van der Waals surface area contributed by atoms with E-state index in [0.717, 1.165) is 17.1 Å². The van der Waals surface area contributed by atoms with E-state index in [0.29, 0.717) is 24.6 Å². The average molecular weight is 390 g/mol. The second-order valence-corrected chi connectivity index (χ2v) is 8.92. The molecule has 27 heavy (non-hydrogen) atoms. The van der Waals surface area contributed by atoms with Crippen molar-refractivity contribution in [3.05, 3.63) is 59.9 Å². The summed E-state index contributed by atoms with van der Waals surface area (Å²) in [6, 6.07) is 11.6. The minimum absolute atomic E-state index is 0.0378. The van der Waals surface area contributed by atoms with Gasteiger partial charge < -0.3 is 4.90 Å². The van der Waals surface area contributed by atoms with Crippen molar-refractivity contribution in [2.75, 3.05) is 24.4 Å². The number of amides is 1. The number of carbonyl (C=O) groups is 1. The zero-order valence-corrected chi connectivity index (χ0v) is 16.2. The third kappa shape index (κ3) is 3.98. The Morgan fingerprint density at radius 2 is 1.93 bits per heavy atom. The molecule has 5 nitrogen and oxygen atoms in total. The molecule has 2 aromatic rings. The number of rotatable bonds is 4. The van der Waals surface area contributed by atoms with E-state index in [2.05, 4.69) is 6.92 Å². The van der Waals surface area contributed by atoms with Crippen molar-refractivity contribution >= 4 is 21.6 Å². The van der Waals surface area contributed by atoms with E-state index in [-0.39, 0.29) is 16.5 Å². The number of hydrogen-bond acceptors (Lipinski definition) is 3. The summed E-state index contributed by atoms with van der Waals surface area (Å²) in [6.45, 7) is 3.45. The van der Waals surface area contributed by atoms with Gasteiger partial charge in [0.1, 0.15) is 5.82 Å². The van der Waals surface area contributed by atoms with Gasteiger partial charge in [0.05, 0.1) is 10.6 Å². The molecular formula is C20H23FN2O3S. The van der Waals surface area contributed by atoms with Gasteiger partial charge in [-0.3, -0.25) is 9.10 Å². The molecule has 2 aromatic carbocycles. The second kappa shape index (κ2) is 7.68. The van der Waals surface area contributed by atoms with Gasteiger partial charge in [-0.15, -0.1) is 0 Å². The molecule has 0 aliphatic carbocycles. The van der Waals surface area contributed by atoms with E-state index < -0.39 is 15.8 Å². The van der Waals surface area contributed by atoms with E-state index in [1.54, 1.807) is 23.1 Å². The molecule has 1 aliphatic heterocycles. The lowest BCUT2D eigenvalue weighted by atomic mass is 9.99. The van der Waals surface area contributed by atoms with Crippen molar-refractivity contribution < 1.29 is 17.6 Å². The van der Waals surface area contributed by atoms with Gasteiger partial charge in [0, 0.05) is 25.7 Å². The standard InChI is InChI=1S/C20H23FN2O3S/c1-15-7-6-12-23(14-15)20(24)16-8-5-9-17(13-16)27(25,26)22(2)19-11-4-3-10-18(19)21/h3-5,8-11,13,15H,6-7,12,14H2,1-2H3/t15-/m1/s1. The minimum Gasteiger partial charge on any atom is -0.338 e. The zero-order valence-electron chi connectivity index (χ0n) is 15.4. The van der Waals surface area contributed by atoms with Gasteiger partial charge in [0.2, 0.25) is 0 Å². The van der Waals surface area contributed by atoms with Crippen LogP contribution in [0, 0.1) is 11.7 Å². The lowest BCUT2D eigenvalue weighted by molar-refractivity contribution is 0.0683. The summed E-state index contributed by atoms with van der Waals surface area (Å²) in [5, 5.41) is 0. The van der Waals surface area contributed by atoms with Gasteiger partial charge in [-0.05, 0) is 49.1 Å². The molecule has 144 valence electrons. The largest absolute Gasteiger partial charge is 0.338 e. The van der Waals surface area contributed by atoms with Crippen molar-refractivity contribution in [2.45, 2.75) is 24.7 Å². The predicted octanol–water partition coefficient (Wildman–Crippen LogP) is 3.52. The highest BCUT2D eigenvalue weighted by Gasteiger charge is 2.26. The summed E-state index contributed by atoms with van der Waals surface area (Å²) in [5.41, 5.74) is 0.284. The molecule has 1 saturated heterocycles. The molecule has 0 aromatic heterocycles. The first-order valence-corrected chi connectivity index (χ1v) is 10.4. The fraction of sp³-hybridized carbons (Fsp3) is 0.350. The first-order valence-electron chi connectivity index (χ1n) is 8.93. The highest BCUT2D eigenvalue weighted by atomic mass is 32.2. The van der Waals surface area contributed by atoms with Crippen LogP contribution in [0.15, 0.2) is 53.4 Å². The maximum absolute atomic E-state index is 14.0. The van der Waals surface area contributed by atoms with E-state index in [1.807, 2.05) is 0 Å². The zero-order chi connectivity index (χ0) is 19.6. The fourth-order valence-electron chi connectivity index (χ4n) is 3.34. The summed E-state index contributed by atoms with van der Waals surface area (Å²) < 4.78 is 40.7. The Balaban J connectivity index is 1.90. The summed E-state index contributed by atoms with van der Waals surface area (Å²) in [6.07, 6.45) is 2.03. The summed E-state index contributed by atoms with van der Waals surface area (Å²) in [7, 11) is -2.69. The third-order valence-corrected chi connectivity index (χ3v) is 6.64. The van der Waals surface area contributed by atoms with Gasteiger partial charge in [-0.2, -0.15) is 0 Å². The summed E-state index contributed by atoms with van der Waals surface area (Å²) in [4.78, 5) is 14.5. The Morgan fingerprint density at radius 1 is 1.19 bits per heavy atom. The van der Waals surface area contributed by atoms with Crippen molar-refractivity contribution in [2.24, 2.45) is 5.92 Å². The van der Waals surface area contributed by atoms with Crippen LogP contribution in [0.5, 0.6) is 0 Å². The molecule has 1 fully saturated rings. The fourth-order valence-corrected chi connectivity index (χ4v) is 4.59. The molecular weight excluding hydrogens is 367 g/mol. The van der Waals surface area contributed by atoms with Crippen LogP contribution in [0.4, 0.5) is 10.1 Å². The predicted molar refractivity (Wildman–Crippen MR) is 103 cm³/mol. The molecule has 1 amide bonds. The molecule has 0 radical (unpaired) electrons. The lowest BCUT2D eigenvalue weighted by Crippen LogP contribution is -2.39. The number of piperidine rings is 1. The maximum Gasteiger partial charge on any atom is 0.264 e. The minimum atomic E-state index is -3.99. The van der Waals surface area contributed by atoms with Crippen LogP contribution in [0.2, 0.25) is 0 Å². The van der Waals surface area contributed by atoms with E-state index >= 15 is 0 Å². The van der Waals surface area contributed by atoms with E-state index in [9.17, 15) is 17.6 Å². The van der Waals surface area contributed by atoms with Crippen LogP contribution in [0.25, 0.3) is 0 Å². The Kier molecular flexibility index (Phi) is 5.51. The molecule has 0 N–H and O–H groups in total. The molecule has 0 saturated carbocycles. The molecule has 0 unspecified atom stereocenters. The second-order valence-electron chi connectivity index (χ2n) is 6.95. The van der Waals surface area contributed by atoms with E-state index in [4.69, 9.17) is 0 Å². The maximum atomic E-state index is 14.0. The number of nitrogens with zero attached hydrogens (tertiary/aromatic N) is 2. The third-order valence-electron chi connectivity index (χ3n) is 4.88. The van der Waals surface area contributed by atoms with Gasteiger partial charge in [-0.25, -0.2) is 12.8 Å². The number of likely N-dealkylation sites (tertiary alicyclic amines) is 1. The van der Waals surface area contributed by atoms with Gasteiger partial charge in [0.25, 0.3) is 15.9 Å². The Hall–Kier alpha value is -2.41. The topological polar surface area (TPSA) is 57.7 Å². The lowest BCUT2D eigenvalue weighted by Gasteiger charge is -2.31. The first-order chi connectivity index (χ1) is 12.8. The van der Waals surface area contributed by atoms with Crippen molar-refractivity contribution in [3.8, 4) is 0 Å². The SMILES string of the molecule is C[C@@H]1CCCN(C(=O)c2cccc(S(=O)(=O)N(C)c3ccccc3F)c2)C1. The molecule has 0 spiro atoms. The van der Waals surface area contributed by atoms with Crippen molar-refractivity contribution in [1.29, 1.82) is 0 Å². The van der Waals surface area contributed by atoms with E-state index in [1.165, 1.54) is 37.4 Å². The number of hydrogen-bond donors (Lipinski definition) is 0. The van der Waals surface area contributed by atoms with Crippen LogP contribution in [-0.2, 0) is 10.0 Å². The molecule has 1 heterocycles. The number of para-hydroxylation sites is 1. The Bertz CT molecular complexity index is 946. The van der Waals surface area contributed by atoms with Gasteiger partial charge in [-0.1, -0.05) is 25.1 Å². The van der Waals surface area contributed by atoms with Crippen LogP contribution in [0.1, 0.15) is 30.1 Å². The number of halogens is 1. The van der Waals surface area contributed by atoms with Gasteiger partial charge >= 0.3 is 0 Å². The van der Waals surface area contributed by atoms with Crippen LogP contribution < -0.4 is 4.31 Å². The highest BCUT2D eigenvalue weighted by Crippen LogP contribution is 2.26. The quantitative estimate of drug-likeness (QED) is 0.803.